The van der Waals surface area contributed by atoms with Crippen LogP contribution in [0.2, 0.25) is 5.02 Å². The number of tetrazole rings is 1. The minimum Gasteiger partial charge on any atom is -0.504 e. The monoisotopic (exact) mass is 809 g/mol. The standard InChI is InChI=1S/C32H29ClN12O8S2/c1-32(2,30(51)52)53-40-21(18-12-55-31(34)36-18)27(49)37-22-28(50)45-23(25-38-41-42-39-25)15(11-54-29(22)45)9-43-10-16-4-3-14(8-44(16)13-43)7-35-26(48)17-5-6-19(46)24(47)20(17)33/h3-6,8,10,12-13,22,29H,7,9,11H2,1-2H3,(H7-,34,35,36,37,38,39,40,41,42,46,47,48,49,51,52)/p+1/t22-,29-/m1/s1. The normalized spacial score (nSPS) is 17.2. The highest BCUT2D eigenvalue weighted by Gasteiger charge is 2.54. The van der Waals surface area contributed by atoms with Crippen LogP contribution in [0.3, 0.4) is 0 Å². The van der Waals surface area contributed by atoms with Crippen molar-refractivity contribution in [2.45, 2.75) is 44.0 Å². The van der Waals surface area contributed by atoms with Crippen LogP contribution in [-0.2, 0) is 32.3 Å². The number of hydrogen-bond acceptors (Lipinski definition) is 15. The van der Waals surface area contributed by atoms with Gasteiger partial charge < -0.3 is 36.5 Å². The average Bonchev–Trinajstić information content (AvgIpc) is 3.93. The molecule has 0 unspecified atom stereocenters. The Morgan fingerprint density at radius 1 is 1.24 bits per heavy atom. The van der Waals surface area contributed by atoms with Gasteiger partial charge in [-0.1, -0.05) is 16.8 Å². The maximum Gasteiger partial charge on any atom is 0.350 e. The van der Waals surface area contributed by atoms with E-state index in [4.69, 9.17) is 22.2 Å². The van der Waals surface area contributed by atoms with Crippen molar-refractivity contribution in [3.05, 3.63) is 81.6 Å². The van der Waals surface area contributed by atoms with Crippen molar-refractivity contribution in [1.29, 1.82) is 0 Å². The lowest BCUT2D eigenvalue weighted by atomic mass is 10.0. The van der Waals surface area contributed by atoms with Crippen LogP contribution >= 0.6 is 34.7 Å². The molecular weight excluding hydrogens is 780 g/mol. The smallest absolute Gasteiger partial charge is 0.350 e. The lowest BCUT2D eigenvalue weighted by Gasteiger charge is -2.49. The molecular formula is C32H30ClN12O8S2+. The summed E-state index contributed by atoms with van der Waals surface area (Å²) < 4.78 is 3.78. The molecule has 0 aliphatic carbocycles. The van der Waals surface area contributed by atoms with Gasteiger partial charge in [-0.25, -0.2) is 18.7 Å². The number of carboxylic acids is 1. The number of aliphatic carboxylic acids is 1. The number of aromatic nitrogens is 7. The van der Waals surface area contributed by atoms with Crippen LogP contribution in [0.4, 0.5) is 5.13 Å². The number of nitrogens with two attached hydrogens (primary N) is 1. The van der Waals surface area contributed by atoms with Crippen LogP contribution in [0.5, 0.6) is 11.5 Å². The number of carboxylic acid groups (broad SMARTS) is 1. The predicted molar refractivity (Wildman–Crippen MR) is 196 cm³/mol. The number of aromatic hydroxyl groups is 2. The molecule has 284 valence electrons. The zero-order valence-electron chi connectivity index (χ0n) is 28.6. The first-order valence-electron chi connectivity index (χ1n) is 16.1. The van der Waals surface area contributed by atoms with Gasteiger partial charge in [0.1, 0.15) is 36.0 Å². The van der Waals surface area contributed by atoms with Crippen LogP contribution < -0.4 is 20.9 Å². The van der Waals surface area contributed by atoms with E-state index in [0.717, 1.165) is 28.0 Å². The fourth-order valence-corrected chi connectivity index (χ4v) is 7.78. The lowest BCUT2D eigenvalue weighted by molar-refractivity contribution is -0.687. The molecule has 6 heterocycles. The fraction of sp³-hybridized carbons (Fsp3) is 0.250. The number of halogens is 1. The minimum atomic E-state index is -1.77. The van der Waals surface area contributed by atoms with Gasteiger partial charge in [-0.2, -0.15) is 5.21 Å². The number of aromatic amines is 1. The molecule has 5 aromatic rings. The van der Waals surface area contributed by atoms with Crippen LogP contribution in [0.25, 0.3) is 11.2 Å². The third-order valence-electron chi connectivity index (χ3n) is 8.56. The van der Waals surface area contributed by atoms with Gasteiger partial charge in [-0.05, 0) is 43.3 Å². The maximum absolute atomic E-state index is 13.8. The summed E-state index contributed by atoms with van der Waals surface area (Å²) in [6, 6.07) is 5.21. The molecule has 20 nitrogen and oxygen atoms in total. The number of anilines is 1. The van der Waals surface area contributed by atoms with E-state index in [1.807, 2.05) is 39.8 Å². The number of phenolic OH excluding ortho intramolecular Hbond substituents is 2. The molecule has 23 heteroatoms. The second kappa shape index (κ2) is 14.5. The molecule has 8 N–H and O–H groups in total. The van der Waals surface area contributed by atoms with Gasteiger partial charge in [0.2, 0.25) is 17.8 Å². The van der Waals surface area contributed by atoms with Gasteiger partial charge in [-0.15, -0.1) is 33.3 Å². The van der Waals surface area contributed by atoms with E-state index >= 15 is 0 Å². The van der Waals surface area contributed by atoms with Gasteiger partial charge in [-0.3, -0.25) is 19.3 Å². The van der Waals surface area contributed by atoms with E-state index in [-0.39, 0.29) is 39.5 Å². The SMILES string of the molecule is CC(C)(O/N=C(\C(=O)N[C@@H]1C(=O)N2C(c3nn[nH]n3)=C(C[n+]3cc4ccc(CNC(=O)c5ccc(O)c(O)c5Cl)cn4c3)CS[C@H]12)c1csc(N)n1)C(=O)O. The first-order chi connectivity index (χ1) is 26.2. The van der Waals surface area contributed by atoms with E-state index in [9.17, 15) is 34.5 Å². The molecule has 4 aromatic heterocycles. The van der Waals surface area contributed by atoms with E-state index < -0.39 is 52.2 Å². The summed E-state index contributed by atoms with van der Waals surface area (Å²) in [6.07, 6.45) is 5.58. The number of nitrogens with zero attached hydrogens (tertiary/aromatic N) is 8. The third kappa shape index (κ3) is 7.20. The van der Waals surface area contributed by atoms with Crippen LogP contribution in [0.1, 0.15) is 41.3 Å². The van der Waals surface area contributed by atoms with Crippen molar-refractivity contribution in [2.24, 2.45) is 5.16 Å². The highest BCUT2D eigenvalue weighted by Crippen LogP contribution is 2.43. The van der Waals surface area contributed by atoms with Gasteiger partial charge in [0.15, 0.2) is 27.9 Å². The number of carbonyl (C=O) groups excluding carboxylic acids is 3. The van der Waals surface area contributed by atoms with Crippen molar-refractivity contribution >= 4 is 80.4 Å². The zero-order chi connectivity index (χ0) is 39.2. The molecule has 0 saturated carbocycles. The third-order valence-corrected chi connectivity index (χ3v) is 11.0. The average molecular weight is 810 g/mol. The Morgan fingerprint density at radius 3 is 2.75 bits per heavy atom. The molecule has 0 spiro atoms. The Labute approximate surface area is 322 Å². The summed E-state index contributed by atoms with van der Waals surface area (Å²) in [7, 11) is 0. The van der Waals surface area contributed by atoms with Gasteiger partial charge in [0.05, 0.1) is 16.3 Å². The number of nitrogen functional groups attached to an aromatic ring is 1. The lowest BCUT2D eigenvalue weighted by Crippen LogP contribution is -2.70. The number of fused-ring (bicyclic) bond motifs is 2. The summed E-state index contributed by atoms with van der Waals surface area (Å²) in [6.45, 7) is 3.00. The Kier molecular flexibility index (Phi) is 9.79. The number of H-pyrrole nitrogens is 1. The summed E-state index contributed by atoms with van der Waals surface area (Å²) in [5, 5.41) is 53.4. The minimum absolute atomic E-state index is 0.0102. The fourth-order valence-electron chi connectivity index (χ4n) is 5.65. The quantitative estimate of drug-likeness (QED) is 0.0303. The van der Waals surface area contributed by atoms with Gasteiger partial charge in [0.25, 0.3) is 17.7 Å². The number of β-lactam (4-membered cyclic amide) rings is 1. The molecule has 2 aliphatic rings. The number of hydrogen-bond donors (Lipinski definition) is 7. The topological polar surface area (TPSA) is 280 Å². The number of pyridine rings is 1. The highest BCUT2D eigenvalue weighted by atomic mass is 35.5. The number of nitrogens with one attached hydrogen (secondary N) is 3. The number of benzene rings is 1. The van der Waals surface area contributed by atoms with Crippen molar-refractivity contribution < 1.29 is 43.9 Å². The first-order valence-corrected chi connectivity index (χ1v) is 18.4. The van der Waals surface area contributed by atoms with E-state index in [1.54, 1.807) is 0 Å². The molecule has 2 aliphatic heterocycles. The van der Waals surface area contributed by atoms with Crippen molar-refractivity contribution in [2.75, 3.05) is 11.5 Å². The molecule has 1 saturated heterocycles. The summed E-state index contributed by atoms with van der Waals surface area (Å²) in [4.78, 5) is 62.4. The summed E-state index contributed by atoms with van der Waals surface area (Å²) >= 11 is 8.49. The van der Waals surface area contributed by atoms with E-state index in [2.05, 4.69) is 41.4 Å². The number of thioether (sulfide) groups is 1. The number of thiazole rings is 1. The molecule has 1 aromatic carbocycles. The van der Waals surface area contributed by atoms with Crippen molar-refractivity contribution in [3.8, 4) is 11.5 Å². The molecule has 7 rings (SSSR count). The Hall–Kier alpha value is -6.26. The second-order valence-electron chi connectivity index (χ2n) is 12.7. The van der Waals surface area contributed by atoms with Crippen LogP contribution in [0.15, 0.2) is 59.1 Å². The molecule has 55 heavy (non-hydrogen) atoms. The van der Waals surface area contributed by atoms with Gasteiger partial charge >= 0.3 is 5.97 Å². The Morgan fingerprint density at radius 2 is 2.04 bits per heavy atom. The highest BCUT2D eigenvalue weighted by molar-refractivity contribution is 8.00. The van der Waals surface area contributed by atoms with Crippen LogP contribution in [0, 0.1) is 0 Å². The van der Waals surface area contributed by atoms with Crippen molar-refractivity contribution in [3.63, 3.8) is 0 Å². The largest absolute Gasteiger partial charge is 0.504 e. The first kappa shape index (κ1) is 37.1. The predicted octanol–water partition coefficient (Wildman–Crippen LogP) is 0.869. The van der Waals surface area contributed by atoms with E-state index in [0.29, 0.717) is 18.0 Å². The number of rotatable bonds is 12. The number of imidazole rings is 1. The van der Waals surface area contributed by atoms with Gasteiger partial charge in [0, 0.05) is 28.8 Å². The molecule has 0 bridgehead atoms. The molecule has 0 radical (unpaired) electrons. The Bertz CT molecular complexity index is 2430. The second-order valence-corrected chi connectivity index (χ2v) is 15.1. The van der Waals surface area contributed by atoms with E-state index in [1.165, 1.54) is 48.0 Å². The Balaban J connectivity index is 1.08. The summed E-state index contributed by atoms with van der Waals surface area (Å²) in [5.74, 6) is -3.52. The zero-order valence-corrected chi connectivity index (χ0v) is 31.0. The molecule has 1 fully saturated rings. The number of phenols is 2. The number of oxime groups is 1. The summed E-state index contributed by atoms with van der Waals surface area (Å²) in [5.41, 5.74) is 6.53. The van der Waals surface area contributed by atoms with Crippen LogP contribution in [-0.4, -0.2) is 102 Å². The number of carbonyl (C=O) groups is 4. The van der Waals surface area contributed by atoms with Crippen molar-refractivity contribution in [1.82, 2.24) is 45.5 Å². The molecule has 2 atom stereocenters. The maximum atomic E-state index is 13.8. The number of amides is 3. The molecule has 3 amide bonds.